The fraction of sp³-hybridized carbons (Fsp3) is 0.324. The third kappa shape index (κ3) is 7.98. The minimum absolute atomic E-state index is 0.0823. The van der Waals surface area contributed by atoms with Crippen molar-refractivity contribution >= 4 is 40.6 Å². The number of nitrogens with one attached hydrogen (secondary N) is 3. The molecule has 1 saturated heterocycles. The summed E-state index contributed by atoms with van der Waals surface area (Å²) < 4.78 is 13.2. The molecule has 3 aromatic heterocycles. The molecule has 1 amide bonds. The minimum atomic E-state index is -0.943. The number of ether oxygens (including phenoxy) is 2. The Morgan fingerprint density at radius 3 is 2.42 bits per heavy atom. The lowest BCUT2D eigenvalue weighted by molar-refractivity contribution is -0.142. The standard InChI is InChI=1S/C37H39Cl2N7O6/c1-45-31(19-41-18-24(47)15-33(49)51-2)44-46-20-22(14-30(46)37(45)50)25-6-4-7-26(34(25)38)27-8-5-9-28(35(27)39)29-12-10-21(36(43-29)52-3)16-40-17-23-11-13-32(48)42-23/h4-10,12,14,20,23-24,40-41,47H,11,13,15-19H2,1-3H3,(H,42,48)/t23-,24+/m1/s1. The quantitative estimate of drug-likeness (QED) is 0.122. The molecule has 15 heteroatoms. The van der Waals surface area contributed by atoms with Crippen LogP contribution in [0.15, 0.2) is 65.6 Å². The summed E-state index contributed by atoms with van der Waals surface area (Å²) in [6, 6.07) is 17.0. The van der Waals surface area contributed by atoms with Gasteiger partial charge in [0, 0.05) is 78.7 Å². The highest BCUT2D eigenvalue weighted by molar-refractivity contribution is 6.39. The van der Waals surface area contributed by atoms with Crippen LogP contribution in [0.1, 0.15) is 30.7 Å². The van der Waals surface area contributed by atoms with Crippen molar-refractivity contribution in [2.24, 2.45) is 7.05 Å². The number of carbonyl (C=O) groups excluding carboxylic acids is 2. The van der Waals surface area contributed by atoms with E-state index >= 15 is 0 Å². The maximum Gasteiger partial charge on any atom is 0.308 e. The number of amides is 1. The van der Waals surface area contributed by atoms with Gasteiger partial charge in [0.25, 0.3) is 5.56 Å². The maximum atomic E-state index is 13.3. The second-order valence-electron chi connectivity index (χ2n) is 12.5. The number of fused-ring (bicyclic) bond motifs is 1. The van der Waals surface area contributed by atoms with Crippen LogP contribution in [0.4, 0.5) is 0 Å². The molecule has 0 unspecified atom stereocenters. The van der Waals surface area contributed by atoms with Gasteiger partial charge in [-0.2, -0.15) is 5.10 Å². The van der Waals surface area contributed by atoms with Crippen LogP contribution in [-0.2, 0) is 34.5 Å². The number of hydrogen-bond acceptors (Lipinski definition) is 10. The third-order valence-electron chi connectivity index (χ3n) is 9.03. The second-order valence-corrected chi connectivity index (χ2v) is 13.3. The summed E-state index contributed by atoms with van der Waals surface area (Å²) in [5.41, 5.74) is 5.09. The topological polar surface area (TPSA) is 161 Å². The van der Waals surface area contributed by atoms with E-state index in [1.807, 2.05) is 48.5 Å². The number of benzene rings is 2. The van der Waals surface area contributed by atoms with Gasteiger partial charge in [-0.25, -0.2) is 9.50 Å². The highest BCUT2D eigenvalue weighted by atomic mass is 35.5. The molecule has 52 heavy (non-hydrogen) atoms. The summed E-state index contributed by atoms with van der Waals surface area (Å²) >= 11 is 14.2. The van der Waals surface area contributed by atoms with Crippen LogP contribution in [-0.4, -0.2) is 75.6 Å². The van der Waals surface area contributed by atoms with Gasteiger partial charge in [0.1, 0.15) is 11.3 Å². The van der Waals surface area contributed by atoms with E-state index in [-0.39, 0.29) is 37.0 Å². The Morgan fingerprint density at radius 2 is 1.73 bits per heavy atom. The van der Waals surface area contributed by atoms with Gasteiger partial charge in [-0.05, 0) is 18.6 Å². The van der Waals surface area contributed by atoms with Crippen LogP contribution < -0.4 is 26.2 Å². The van der Waals surface area contributed by atoms with Gasteiger partial charge < -0.3 is 30.5 Å². The van der Waals surface area contributed by atoms with Crippen LogP contribution >= 0.6 is 23.2 Å². The summed E-state index contributed by atoms with van der Waals surface area (Å²) in [6.45, 7) is 1.47. The fourth-order valence-corrected chi connectivity index (χ4v) is 6.88. The molecule has 13 nitrogen and oxygen atoms in total. The molecule has 0 saturated carbocycles. The number of esters is 1. The molecule has 1 aliphatic heterocycles. The number of methoxy groups -OCH3 is 2. The number of aliphatic hydroxyl groups is 1. The molecular weight excluding hydrogens is 709 g/mol. The number of halogens is 2. The van der Waals surface area contributed by atoms with Gasteiger partial charge in [0.15, 0.2) is 0 Å². The Hall–Kier alpha value is -4.79. The average Bonchev–Trinajstić information content (AvgIpc) is 3.76. The van der Waals surface area contributed by atoms with Crippen molar-refractivity contribution in [1.82, 2.24) is 35.1 Å². The molecule has 0 spiro atoms. The van der Waals surface area contributed by atoms with Crippen LogP contribution in [0.3, 0.4) is 0 Å². The average molecular weight is 749 g/mol. The number of aliphatic hydroxyl groups excluding tert-OH is 1. The molecule has 4 heterocycles. The zero-order chi connectivity index (χ0) is 36.9. The molecule has 4 N–H and O–H groups in total. The van der Waals surface area contributed by atoms with Gasteiger partial charge in [-0.15, -0.1) is 0 Å². The molecule has 2 aromatic carbocycles. The number of hydrogen-bond donors (Lipinski definition) is 4. The second kappa shape index (κ2) is 16.3. The van der Waals surface area contributed by atoms with Crippen LogP contribution in [0.2, 0.25) is 10.0 Å². The maximum absolute atomic E-state index is 13.3. The van der Waals surface area contributed by atoms with Crippen molar-refractivity contribution in [1.29, 1.82) is 0 Å². The number of pyridine rings is 1. The lowest BCUT2D eigenvalue weighted by atomic mass is 9.97. The van der Waals surface area contributed by atoms with Gasteiger partial charge >= 0.3 is 5.97 Å². The first-order valence-corrected chi connectivity index (χ1v) is 17.5. The summed E-state index contributed by atoms with van der Waals surface area (Å²) in [4.78, 5) is 41.0. The predicted molar refractivity (Wildman–Crippen MR) is 198 cm³/mol. The first kappa shape index (κ1) is 37.0. The molecule has 0 radical (unpaired) electrons. The van der Waals surface area contributed by atoms with E-state index in [2.05, 4.69) is 25.8 Å². The van der Waals surface area contributed by atoms with Crippen molar-refractivity contribution in [3.8, 4) is 39.4 Å². The molecule has 1 aliphatic rings. The first-order chi connectivity index (χ1) is 25.1. The smallest absolute Gasteiger partial charge is 0.308 e. The molecule has 0 aliphatic carbocycles. The molecule has 6 rings (SSSR count). The van der Waals surface area contributed by atoms with E-state index < -0.39 is 12.1 Å². The summed E-state index contributed by atoms with van der Waals surface area (Å²) in [7, 11) is 4.46. The van der Waals surface area contributed by atoms with Gasteiger partial charge in [0.2, 0.25) is 11.8 Å². The van der Waals surface area contributed by atoms with Gasteiger partial charge in [-0.1, -0.05) is 65.7 Å². The van der Waals surface area contributed by atoms with Crippen molar-refractivity contribution in [3.63, 3.8) is 0 Å². The van der Waals surface area contributed by atoms with Gasteiger partial charge in [0.05, 0.1) is 49.0 Å². The monoisotopic (exact) mass is 747 g/mol. The Balaban J connectivity index is 1.23. The molecule has 5 aromatic rings. The number of carbonyl (C=O) groups is 2. The van der Waals surface area contributed by atoms with Crippen LogP contribution in [0, 0.1) is 0 Å². The lowest BCUT2D eigenvalue weighted by Crippen LogP contribution is -2.35. The van der Waals surface area contributed by atoms with E-state index in [1.165, 1.54) is 16.2 Å². The van der Waals surface area contributed by atoms with Crippen molar-refractivity contribution in [3.05, 3.63) is 92.6 Å². The van der Waals surface area contributed by atoms with Gasteiger partial charge in [-0.3, -0.25) is 19.0 Å². The number of nitrogens with zero attached hydrogens (tertiary/aromatic N) is 4. The third-order valence-corrected chi connectivity index (χ3v) is 9.84. The summed E-state index contributed by atoms with van der Waals surface area (Å²) in [5.74, 6) is 0.471. The van der Waals surface area contributed by atoms with Crippen molar-refractivity contribution in [2.75, 3.05) is 27.3 Å². The number of rotatable bonds is 14. The SMILES string of the molecule is COC(=O)C[C@H](O)CNCc1nn2cc(-c3cccc(-c4cccc(-c5ccc(CNC[C@H]6CCC(=O)N6)c(OC)n5)c4Cl)c3Cl)cc2c(=O)n1C. The zero-order valence-electron chi connectivity index (χ0n) is 28.9. The Morgan fingerprint density at radius 1 is 1.02 bits per heavy atom. The van der Waals surface area contributed by atoms with Crippen LogP contribution in [0.25, 0.3) is 39.0 Å². The summed E-state index contributed by atoms with van der Waals surface area (Å²) in [5, 5.41) is 25.0. The normalized spacial score (nSPS) is 14.8. The van der Waals surface area contributed by atoms with Crippen molar-refractivity contribution < 1.29 is 24.2 Å². The first-order valence-electron chi connectivity index (χ1n) is 16.7. The largest absolute Gasteiger partial charge is 0.481 e. The predicted octanol–water partition coefficient (Wildman–Crippen LogP) is 4.13. The molecule has 2 atom stereocenters. The van der Waals surface area contributed by atoms with E-state index in [4.69, 9.17) is 32.9 Å². The molecule has 1 fully saturated rings. The fourth-order valence-electron chi connectivity index (χ4n) is 6.22. The zero-order valence-corrected chi connectivity index (χ0v) is 30.4. The summed E-state index contributed by atoms with van der Waals surface area (Å²) in [6.07, 6.45) is 2.02. The molecule has 272 valence electrons. The Labute approximate surface area is 309 Å². The van der Waals surface area contributed by atoms with Crippen molar-refractivity contribution in [2.45, 2.75) is 44.5 Å². The highest BCUT2D eigenvalue weighted by Crippen LogP contribution is 2.42. The lowest BCUT2D eigenvalue weighted by Gasteiger charge is -2.15. The molecular formula is C37H39Cl2N7O6. The van der Waals surface area contributed by atoms with E-state index in [0.717, 1.165) is 12.0 Å². The highest BCUT2D eigenvalue weighted by Gasteiger charge is 2.21. The Bertz CT molecular complexity index is 2190. The number of aromatic nitrogens is 4. The minimum Gasteiger partial charge on any atom is -0.481 e. The molecule has 0 bridgehead atoms. The van der Waals surface area contributed by atoms with E-state index in [9.17, 15) is 19.5 Å². The van der Waals surface area contributed by atoms with Crippen LogP contribution in [0.5, 0.6) is 5.88 Å². The van der Waals surface area contributed by atoms with E-state index in [0.29, 0.717) is 80.3 Å². The van der Waals surface area contributed by atoms with E-state index in [1.54, 1.807) is 26.4 Å². The Kier molecular flexibility index (Phi) is 11.6.